The molecule has 0 aromatic rings. The Balaban J connectivity index is 5.32. The van der Waals surface area contributed by atoms with Crippen molar-refractivity contribution in [2.45, 2.75) is 50.2 Å². The lowest BCUT2D eigenvalue weighted by molar-refractivity contribution is -0.174. The summed E-state index contributed by atoms with van der Waals surface area (Å²) < 4.78 is 13.7. The van der Waals surface area contributed by atoms with Gasteiger partial charge in [-0.15, -0.1) is 0 Å². The zero-order valence-electron chi connectivity index (χ0n) is 17.1. The third-order valence-electron chi connectivity index (χ3n) is 3.82. The summed E-state index contributed by atoms with van der Waals surface area (Å²) in [6.07, 6.45) is 0. The van der Waals surface area contributed by atoms with E-state index < -0.39 is 50.6 Å². The van der Waals surface area contributed by atoms with Gasteiger partial charge in [-0.3, -0.25) is 14.4 Å². The topological polar surface area (TPSA) is 119 Å². The molecule has 2 N–H and O–H groups in total. The van der Waals surface area contributed by atoms with Crippen molar-refractivity contribution in [2.75, 3.05) is 33.0 Å². The Bertz CT molecular complexity index is 529. The Morgan fingerprint density at radius 2 is 1.00 bits per heavy atom. The van der Waals surface area contributed by atoms with Crippen molar-refractivity contribution in [3.8, 4) is 0 Å². The molecule has 10 heteroatoms. The Labute approximate surface area is 182 Å². The van der Waals surface area contributed by atoms with E-state index in [0.29, 0.717) is 0 Å². The van der Waals surface area contributed by atoms with E-state index in [-0.39, 0.29) is 19.8 Å². The lowest BCUT2D eigenvalue weighted by Gasteiger charge is -2.31. The summed E-state index contributed by atoms with van der Waals surface area (Å²) in [4.78, 5) is 36.8. The smallest absolute Gasteiger partial charge is 0.322 e. The summed E-state index contributed by atoms with van der Waals surface area (Å²) in [5, 5.41) is 18.7. The van der Waals surface area contributed by atoms with E-state index in [4.69, 9.17) is 14.2 Å². The van der Waals surface area contributed by atoms with Crippen molar-refractivity contribution >= 4 is 49.8 Å². The normalized spacial score (nSPS) is 13.1. The lowest BCUT2D eigenvalue weighted by Crippen LogP contribution is -2.44. The van der Waals surface area contributed by atoms with E-state index in [2.05, 4.69) is 31.9 Å². The summed E-state index contributed by atoms with van der Waals surface area (Å²) in [6.45, 7) is 7.52. The van der Waals surface area contributed by atoms with Gasteiger partial charge in [0.05, 0.1) is 13.2 Å². The molecule has 0 spiro atoms. The fourth-order valence-electron chi connectivity index (χ4n) is 1.51. The molecule has 0 bridgehead atoms. The lowest BCUT2D eigenvalue weighted by atomic mass is 9.91. The monoisotopic (exact) mass is 532 g/mol. The van der Waals surface area contributed by atoms with Crippen LogP contribution >= 0.6 is 31.9 Å². The molecule has 0 aromatic carbocycles. The fraction of sp³-hybridized carbons (Fsp3) is 0.833. The molecule has 0 aliphatic heterocycles. The molecule has 0 unspecified atom stereocenters. The molecule has 28 heavy (non-hydrogen) atoms. The highest BCUT2D eigenvalue weighted by molar-refractivity contribution is 9.10. The molecule has 0 saturated heterocycles. The molecule has 0 radical (unpaired) electrons. The summed E-state index contributed by atoms with van der Waals surface area (Å²) in [7, 11) is 0. The third kappa shape index (κ3) is 8.75. The van der Waals surface area contributed by atoms with E-state index in [1.165, 1.54) is 6.92 Å². The SMILES string of the molecule is CC(CO)(CO)COC(=O)C(C)(COC(=O)C(C)(C)Br)COC(=O)C(C)(C)Br. The second-order valence-electron chi connectivity index (χ2n) is 8.36. The first-order valence-corrected chi connectivity index (χ1v) is 10.2. The van der Waals surface area contributed by atoms with Gasteiger partial charge in [-0.2, -0.15) is 0 Å². The van der Waals surface area contributed by atoms with Gasteiger partial charge in [0.15, 0.2) is 0 Å². The number of hydrogen-bond donors (Lipinski definition) is 2. The van der Waals surface area contributed by atoms with Crippen molar-refractivity contribution in [3.05, 3.63) is 0 Å². The van der Waals surface area contributed by atoms with Crippen LogP contribution < -0.4 is 0 Å². The van der Waals surface area contributed by atoms with Gasteiger partial charge in [-0.25, -0.2) is 0 Å². The van der Waals surface area contributed by atoms with Crippen LogP contribution in [-0.2, 0) is 28.6 Å². The van der Waals surface area contributed by atoms with Gasteiger partial charge in [0.25, 0.3) is 0 Å². The average molecular weight is 534 g/mol. The molecule has 0 aromatic heterocycles. The number of carbonyl (C=O) groups is 3. The van der Waals surface area contributed by atoms with Gasteiger partial charge >= 0.3 is 17.9 Å². The van der Waals surface area contributed by atoms with E-state index in [9.17, 15) is 24.6 Å². The number of hydrogen-bond acceptors (Lipinski definition) is 8. The van der Waals surface area contributed by atoms with Crippen molar-refractivity contribution in [2.24, 2.45) is 10.8 Å². The Hall–Kier alpha value is -0.710. The summed E-state index contributed by atoms with van der Waals surface area (Å²) in [5.74, 6) is -2.00. The van der Waals surface area contributed by atoms with E-state index in [0.717, 1.165) is 0 Å². The number of ether oxygens (including phenoxy) is 3. The van der Waals surface area contributed by atoms with Gasteiger partial charge in [0.1, 0.15) is 33.9 Å². The zero-order valence-corrected chi connectivity index (χ0v) is 20.3. The van der Waals surface area contributed by atoms with Crippen LogP contribution in [-0.4, -0.2) is 69.8 Å². The minimum atomic E-state index is -1.48. The molecule has 0 saturated carbocycles. The Kier molecular flexibility index (Phi) is 10.1. The quantitative estimate of drug-likeness (QED) is 0.235. The maximum atomic E-state index is 12.7. The first kappa shape index (κ1) is 27.3. The predicted octanol–water partition coefficient (Wildman–Crippen LogP) is 1.96. The molecule has 0 fully saturated rings. The highest BCUT2D eigenvalue weighted by Gasteiger charge is 2.42. The maximum Gasteiger partial charge on any atom is 0.322 e. The van der Waals surface area contributed by atoms with E-state index in [1.807, 2.05) is 0 Å². The van der Waals surface area contributed by atoms with Crippen LogP contribution in [0.1, 0.15) is 41.5 Å². The van der Waals surface area contributed by atoms with E-state index in [1.54, 1.807) is 34.6 Å². The summed E-state index contributed by atoms with van der Waals surface area (Å²) >= 11 is 6.35. The van der Waals surface area contributed by atoms with Crippen LogP contribution in [0.5, 0.6) is 0 Å². The number of esters is 3. The third-order valence-corrected chi connectivity index (χ3v) is 4.47. The van der Waals surface area contributed by atoms with Gasteiger partial charge in [0, 0.05) is 5.41 Å². The van der Waals surface area contributed by atoms with Crippen LogP contribution in [0.15, 0.2) is 0 Å². The molecule has 0 amide bonds. The minimum absolute atomic E-state index is 0.260. The second kappa shape index (κ2) is 10.4. The molecular weight excluding hydrogens is 504 g/mol. The first-order chi connectivity index (χ1) is 12.5. The van der Waals surface area contributed by atoms with Crippen LogP contribution in [0, 0.1) is 10.8 Å². The predicted molar refractivity (Wildman–Crippen MR) is 109 cm³/mol. The molecule has 8 nitrogen and oxygen atoms in total. The Morgan fingerprint density at radius 3 is 1.29 bits per heavy atom. The highest BCUT2D eigenvalue weighted by Crippen LogP contribution is 2.27. The zero-order chi connectivity index (χ0) is 22.4. The molecule has 0 aliphatic carbocycles. The van der Waals surface area contributed by atoms with E-state index >= 15 is 0 Å². The largest absolute Gasteiger partial charge is 0.464 e. The number of aliphatic hydroxyl groups excluding tert-OH is 2. The number of aliphatic hydroxyl groups is 2. The molecule has 0 atom stereocenters. The van der Waals surface area contributed by atoms with Crippen LogP contribution in [0.4, 0.5) is 0 Å². The number of carbonyl (C=O) groups excluding carboxylic acids is 3. The first-order valence-electron chi connectivity index (χ1n) is 8.62. The van der Waals surface area contributed by atoms with Crippen molar-refractivity contribution in [1.82, 2.24) is 0 Å². The van der Waals surface area contributed by atoms with Crippen LogP contribution in [0.25, 0.3) is 0 Å². The Morgan fingerprint density at radius 1 is 0.679 bits per heavy atom. The van der Waals surface area contributed by atoms with Crippen molar-refractivity contribution < 1.29 is 38.8 Å². The average Bonchev–Trinajstić information content (AvgIpc) is 2.59. The minimum Gasteiger partial charge on any atom is -0.464 e. The molecule has 164 valence electrons. The number of halogens is 2. The van der Waals surface area contributed by atoms with Crippen LogP contribution in [0.3, 0.4) is 0 Å². The van der Waals surface area contributed by atoms with Crippen molar-refractivity contribution in [3.63, 3.8) is 0 Å². The highest BCUT2D eigenvalue weighted by atomic mass is 79.9. The van der Waals surface area contributed by atoms with Gasteiger partial charge in [-0.1, -0.05) is 38.8 Å². The van der Waals surface area contributed by atoms with Crippen LogP contribution in [0.2, 0.25) is 0 Å². The van der Waals surface area contributed by atoms with Crippen molar-refractivity contribution in [1.29, 1.82) is 0 Å². The number of alkyl halides is 2. The molecular formula is C18H30Br2O8. The van der Waals surface area contributed by atoms with Gasteiger partial charge in [-0.05, 0) is 34.6 Å². The number of rotatable bonds is 11. The second-order valence-corrected chi connectivity index (χ2v) is 12.3. The maximum absolute atomic E-state index is 12.7. The fourth-order valence-corrected chi connectivity index (χ4v) is 1.74. The molecule has 0 heterocycles. The molecule has 0 rings (SSSR count). The van der Waals surface area contributed by atoms with Gasteiger partial charge < -0.3 is 24.4 Å². The summed E-state index contributed by atoms with van der Waals surface area (Å²) in [5.41, 5.74) is -2.51. The standard InChI is InChI=1S/C18H30Br2O8/c1-15(2,19)12(23)27-10-18(6,11-28-13(24)16(3,4)20)14(25)26-9-17(5,7-21)8-22/h21-22H,7-11H2,1-6H3. The molecule has 0 aliphatic rings. The summed E-state index contributed by atoms with van der Waals surface area (Å²) in [6, 6.07) is 0. The van der Waals surface area contributed by atoms with Gasteiger partial charge in [0.2, 0.25) is 0 Å².